The molecular formula is C23H26N2O5S2. The molecule has 1 aromatic carbocycles. The van der Waals surface area contributed by atoms with Gasteiger partial charge in [0.05, 0.1) is 43.6 Å². The molecule has 0 bridgehead atoms. The third-order valence-corrected chi connectivity index (χ3v) is 6.90. The number of thiazole rings is 1. The van der Waals surface area contributed by atoms with Crippen molar-refractivity contribution in [3.8, 4) is 21.9 Å². The van der Waals surface area contributed by atoms with Crippen LogP contribution >= 0.6 is 22.7 Å². The summed E-state index contributed by atoms with van der Waals surface area (Å²) in [7, 11) is 3.14. The van der Waals surface area contributed by atoms with E-state index in [-0.39, 0.29) is 18.9 Å². The van der Waals surface area contributed by atoms with Crippen LogP contribution in [0.25, 0.3) is 10.4 Å². The molecule has 0 aliphatic carbocycles. The van der Waals surface area contributed by atoms with Gasteiger partial charge in [-0.1, -0.05) is 13.8 Å². The lowest BCUT2D eigenvalue weighted by atomic mass is 10.1. The summed E-state index contributed by atoms with van der Waals surface area (Å²) < 4.78 is 15.9. The predicted octanol–water partition coefficient (Wildman–Crippen LogP) is 5.37. The van der Waals surface area contributed by atoms with Gasteiger partial charge < -0.3 is 19.5 Å². The van der Waals surface area contributed by atoms with Crippen LogP contribution in [0.2, 0.25) is 0 Å². The summed E-state index contributed by atoms with van der Waals surface area (Å²) in [6.45, 7) is 6.12. The summed E-state index contributed by atoms with van der Waals surface area (Å²) in [4.78, 5) is 30.9. The Balaban J connectivity index is 1.88. The Morgan fingerprint density at radius 3 is 2.50 bits per heavy atom. The van der Waals surface area contributed by atoms with Crippen molar-refractivity contribution in [1.82, 2.24) is 4.98 Å². The second-order valence-electron chi connectivity index (χ2n) is 7.20. The summed E-state index contributed by atoms with van der Waals surface area (Å²) in [5.41, 5.74) is 1.96. The molecule has 170 valence electrons. The highest BCUT2D eigenvalue weighted by Gasteiger charge is 2.21. The fraction of sp³-hybridized carbons (Fsp3) is 0.348. The van der Waals surface area contributed by atoms with Crippen LogP contribution in [0.4, 0.5) is 5.69 Å². The molecular weight excluding hydrogens is 448 g/mol. The molecule has 2 heterocycles. The van der Waals surface area contributed by atoms with Gasteiger partial charge in [-0.15, -0.1) is 22.7 Å². The topological polar surface area (TPSA) is 86.8 Å². The lowest BCUT2D eigenvalue weighted by molar-refractivity contribution is -0.115. The van der Waals surface area contributed by atoms with Crippen molar-refractivity contribution < 1.29 is 23.8 Å². The van der Waals surface area contributed by atoms with E-state index >= 15 is 0 Å². The van der Waals surface area contributed by atoms with E-state index in [1.807, 2.05) is 17.5 Å². The maximum Gasteiger partial charge on any atom is 0.350 e. The van der Waals surface area contributed by atoms with Crippen molar-refractivity contribution in [3.05, 3.63) is 45.2 Å². The van der Waals surface area contributed by atoms with Crippen LogP contribution in [0.3, 0.4) is 0 Å². The summed E-state index contributed by atoms with van der Waals surface area (Å²) in [5, 5.41) is 5.74. The molecule has 0 unspecified atom stereocenters. The number of hydrogen-bond acceptors (Lipinski definition) is 8. The first-order valence-corrected chi connectivity index (χ1v) is 11.8. The van der Waals surface area contributed by atoms with Gasteiger partial charge in [0.2, 0.25) is 5.91 Å². The van der Waals surface area contributed by atoms with E-state index in [0.717, 1.165) is 15.4 Å². The number of nitrogens with one attached hydrogen (secondary N) is 1. The van der Waals surface area contributed by atoms with E-state index < -0.39 is 5.97 Å². The molecule has 0 spiro atoms. The number of anilines is 1. The Hall–Kier alpha value is -2.91. The number of thiophene rings is 1. The monoisotopic (exact) mass is 474 g/mol. The molecule has 3 aromatic rings. The molecule has 0 atom stereocenters. The van der Waals surface area contributed by atoms with Crippen molar-refractivity contribution in [2.45, 2.75) is 33.1 Å². The lowest BCUT2D eigenvalue weighted by Gasteiger charge is -2.08. The largest absolute Gasteiger partial charge is 0.493 e. The second kappa shape index (κ2) is 10.6. The van der Waals surface area contributed by atoms with E-state index in [9.17, 15) is 9.59 Å². The molecule has 0 radical (unpaired) electrons. The highest BCUT2D eigenvalue weighted by molar-refractivity contribution is 7.18. The van der Waals surface area contributed by atoms with E-state index in [4.69, 9.17) is 14.2 Å². The highest BCUT2D eigenvalue weighted by atomic mass is 32.1. The molecule has 3 rings (SSSR count). The molecule has 0 saturated heterocycles. The van der Waals surface area contributed by atoms with Gasteiger partial charge >= 0.3 is 5.97 Å². The van der Waals surface area contributed by atoms with E-state index in [1.54, 1.807) is 44.6 Å². The molecule has 1 N–H and O–H groups in total. The minimum Gasteiger partial charge on any atom is -0.493 e. The van der Waals surface area contributed by atoms with Crippen molar-refractivity contribution in [2.24, 2.45) is 0 Å². The minimum absolute atomic E-state index is 0.132. The smallest absolute Gasteiger partial charge is 0.350 e. The van der Waals surface area contributed by atoms with Crippen LogP contribution in [0, 0.1) is 0 Å². The molecule has 0 fully saturated rings. The Morgan fingerprint density at radius 1 is 1.12 bits per heavy atom. The van der Waals surface area contributed by atoms with Crippen molar-refractivity contribution in [3.63, 3.8) is 0 Å². The minimum atomic E-state index is -0.477. The van der Waals surface area contributed by atoms with E-state index in [0.29, 0.717) is 33.7 Å². The SMILES string of the molecule is CCOC(=O)c1sc(-c2ccc(OC)c(OC)c2)cc1NC(=O)Cc1csc(C(C)C)n1. The number of aromatic nitrogens is 1. The van der Waals surface area contributed by atoms with Crippen LogP contribution in [-0.4, -0.2) is 37.7 Å². The number of ether oxygens (including phenoxy) is 3. The normalized spacial score (nSPS) is 10.8. The zero-order chi connectivity index (χ0) is 23.3. The average molecular weight is 475 g/mol. The zero-order valence-electron chi connectivity index (χ0n) is 18.7. The summed E-state index contributed by atoms with van der Waals surface area (Å²) in [5.74, 6) is 0.776. The number of nitrogens with zero attached hydrogens (tertiary/aromatic N) is 1. The van der Waals surface area contributed by atoms with Crippen molar-refractivity contribution >= 4 is 40.2 Å². The molecule has 7 nitrogen and oxygen atoms in total. The number of carbonyl (C=O) groups is 2. The standard InChI is InChI=1S/C23H26N2O5S2/c1-6-30-23(27)21-16(25-20(26)10-15-12-31-22(24-15)13(2)3)11-19(32-21)14-7-8-17(28-4)18(9-14)29-5/h7-9,11-13H,6,10H2,1-5H3,(H,25,26). The Morgan fingerprint density at radius 2 is 1.88 bits per heavy atom. The first kappa shape index (κ1) is 23.7. The number of hydrogen-bond donors (Lipinski definition) is 1. The molecule has 0 aliphatic heterocycles. The third kappa shape index (κ3) is 5.46. The Labute approximate surface area is 195 Å². The van der Waals surface area contributed by atoms with Gasteiger partial charge in [-0.25, -0.2) is 9.78 Å². The van der Waals surface area contributed by atoms with E-state index in [1.165, 1.54) is 11.3 Å². The Kier molecular flexibility index (Phi) is 7.87. The molecule has 1 amide bonds. The second-order valence-corrected chi connectivity index (χ2v) is 9.14. The lowest BCUT2D eigenvalue weighted by Crippen LogP contribution is -2.16. The molecule has 9 heteroatoms. The number of benzene rings is 1. The summed E-state index contributed by atoms with van der Waals surface area (Å²) in [6.07, 6.45) is 0.132. The zero-order valence-corrected chi connectivity index (χ0v) is 20.3. The number of carbonyl (C=O) groups excluding carboxylic acids is 2. The first-order valence-electron chi connectivity index (χ1n) is 10.1. The quantitative estimate of drug-likeness (QED) is 0.420. The van der Waals surface area contributed by atoms with Gasteiger partial charge in [0.15, 0.2) is 11.5 Å². The molecule has 2 aromatic heterocycles. The van der Waals surface area contributed by atoms with Gasteiger partial charge in [-0.2, -0.15) is 0 Å². The van der Waals surface area contributed by atoms with Crippen LogP contribution in [0.15, 0.2) is 29.6 Å². The fourth-order valence-corrected chi connectivity index (χ4v) is 4.83. The van der Waals surface area contributed by atoms with Gasteiger partial charge in [0.1, 0.15) is 4.88 Å². The fourth-order valence-electron chi connectivity index (χ4n) is 2.99. The first-order chi connectivity index (χ1) is 15.4. The van der Waals surface area contributed by atoms with Gasteiger partial charge in [0.25, 0.3) is 0 Å². The average Bonchev–Trinajstić information content (AvgIpc) is 3.40. The van der Waals surface area contributed by atoms with Crippen LogP contribution in [0.1, 0.15) is 47.1 Å². The highest BCUT2D eigenvalue weighted by Crippen LogP contribution is 2.39. The van der Waals surface area contributed by atoms with Crippen molar-refractivity contribution in [2.75, 3.05) is 26.1 Å². The molecule has 32 heavy (non-hydrogen) atoms. The number of methoxy groups -OCH3 is 2. The maximum absolute atomic E-state index is 12.7. The third-order valence-electron chi connectivity index (χ3n) is 4.54. The molecule has 0 saturated carbocycles. The van der Waals surface area contributed by atoms with Gasteiger partial charge in [-0.05, 0) is 36.8 Å². The maximum atomic E-state index is 12.7. The van der Waals surface area contributed by atoms with Crippen LogP contribution in [0.5, 0.6) is 11.5 Å². The summed E-state index contributed by atoms with van der Waals surface area (Å²) in [6, 6.07) is 7.27. The van der Waals surface area contributed by atoms with Gasteiger partial charge in [-0.3, -0.25) is 4.79 Å². The molecule has 0 aliphatic rings. The van der Waals surface area contributed by atoms with Crippen LogP contribution < -0.4 is 14.8 Å². The van der Waals surface area contributed by atoms with Crippen LogP contribution in [-0.2, 0) is 16.0 Å². The van der Waals surface area contributed by atoms with Crippen molar-refractivity contribution in [1.29, 1.82) is 0 Å². The Bertz CT molecular complexity index is 1100. The summed E-state index contributed by atoms with van der Waals surface area (Å²) >= 11 is 2.79. The van der Waals surface area contributed by atoms with E-state index in [2.05, 4.69) is 24.1 Å². The predicted molar refractivity (Wildman–Crippen MR) is 127 cm³/mol. The van der Waals surface area contributed by atoms with Gasteiger partial charge in [0, 0.05) is 16.2 Å². The number of rotatable bonds is 9. The number of amides is 1. The number of esters is 1.